The number of nitrogens with zero attached hydrogens (tertiary/aromatic N) is 3. The molecule has 0 aliphatic heterocycles. The number of likely N-dealkylation sites (N-methyl/N-ethyl adjacent to an activating group) is 1. The number of hydrogen-bond acceptors (Lipinski definition) is 5. The molecular weight excluding hydrogens is 232 g/mol. The Hall–Kier alpha value is -1.33. The third-order valence-corrected chi connectivity index (χ3v) is 3.27. The Kier molecular flexibility index (Phi) is 4.17. The minimum atomic E-state index is 0.194. The van der Waals surface area contributed by atoms with Crippen LogP contribution in [0, 0.1) is 6.92 Å². The maximum Gasteiger partial charge on any atom is 0.0944 e. The lowest BCUT2D eigenvalue weighted by molar-refractivity contribution is 0.533. The summed E-state index contributed by atoms with van der Waals surface area (Å²) in [5, 5.41) is 6.54. The van der Waals surface area contributed by atoms with Gasteiger partial charge in [0.25, 0.3) is 0 Å². The molecule has 0 radical (unpaired) electrons. The fourth-order valence-electron chi connectivity index (χ4n) is 1.64. The fraction of sp³-hybridized carbons (Fsp3) is 0.417. The van der Waals surface area contributed by atoms with E-state index in [1.165, 1.54) is 0 Å². The number of thiazole rings is 1. The maximum absolute atomic E-state index is 4.43. The van der Waals surface area contributed by atoms with Crippen LogP contribution in [0.4, 0.5) is 0 Å². The van der Waals surface area contributed by atoms with Crippen molar-refractivity contribution in [3.05, 3.63) is 40.4 Å². The molecule has 4 nitrogen and oxygen atoms in total. The second-order valence-electron chi connectivity index (χ2n) is 3.82. The summed E-state index contributed by atoms with van der Waals surface area (Å²) in [6.45, 7) is 4.95. The Morgan fingerprint density at radius 2 is 2.18 bits per heavy atom. The first-order valence-electron chi connectivity index (χ1n) is 5.70. The van der Waals surface area contributed by atoms with Crippen molar-refractivity contribution in [2.75, 3.05) is 6.54 Å². The van der Waals surface area contributed by atoms with E-state index in [1.807, 2.05) is 30.9 Å². The highest BCUT2D eigenvalue weighted by Crippen LogP contribution is 2.17. The van der Waals surface area contributed by atoms with Crippen LogP contribution in [-0.2, 0) is 6.42 Å². The molecule has 0 amide bonds. The predicted octanol–water partition coefficient (Wildman–Crippen LogP) is 2.13. The second kappa shape index (κ2) is 5.84. The lowest BCUT2D eigenvalue weighted by Crippen LogP contribution is -2.24. The molecule has 1 atom stereocenters. The molecule has 2 aromatic heterocycles. The molecule has 0 aliphatic rings. The first-order valence-corrected chi connectivity index (χ1v) is 6.58. The van der Waals surface area contributed by atoms with Gasteiger partial charge in [0.2, 0.25) is 0 Å². The van der Waals surface area contributed by atoms with E-state index in [2.05, 4.69) is 27.2 Å². The maximum atomic E-state index is 4.43. The van der Waals surface area contributed by atoms with Gasteiger partial charge in [-0.15, -0.1) is 11.3 Å². The van der Waals surface area contributed by atoms with Crippen molar-refractivity contribution < 1.29 is 0 Å². The number of rotatable bonds is 5. The Balaban J connectivity index is 2.13. The van der Waals surface area contributed by atoms with Crippen LogP contribution in [0.5, 0.6) is 0 Å². The molecule has 90 valence electrons. The number of hydrogen-bond donors (Lipinski definition) is 1. The molecule has 1 unspecified atom stereocenters. The van der Waals surface area contributed by atoms with E-state index in [-0.39, 0.29) is 6.04 Å². The van der Waals surface area contributed by atoms with E-state index in [9.17, 15) is 0 Å². The molecular formula is C12H16N4S. The zero-order valence-corrected chi connectivity index (χ0v) is 10.9. The highest BCUT2D eigenvalue weighted by Gasteiger charge is 2.14. The molecule has 0 aliphatic carbocycles. The van der Waals surface area contributed by atoms with Gasteiger partial charge in [-0.05, 0) is 13.5 Å². The van der Waals surface area contributed by atoms with Gasteiger partial charge in [-0.3, -0.25) is 9.97 Å². The second-order valence-corrected chi connectivity index (χ2v) is 4.80. The van der Waals surface area contributed by atoms with E-state index in [4.69, 9.17) is 0 Å². The number of aromatic nitrogens is 3. The zero-order valence-electron chi connectivity index (χ0n) is 10.1. The van der Waals surface area contributed by atoms with Gasteiger partial charge in [-0.25, -0.2) is 4.98 Å². The monoisotopic (exact) mass is 248 g/mol. The minimum Gasteiger partial charge on any atom is -0.309 e. The largest absolute Gasteiger partial charge is 0.309 e. The molecule has 17 heavy (non-hydrogen) atoms. The molecule has 1 N–H and O–H groups in total. The van der Waals surface area contributed by atoms with Gasteiger partial charge in [0.05, 0.1) is 28.6 Å². The van der Waals surface area contributed by atoms with Crippen molar-refractivity contribution in [3.63, 3.8) is 0 Å². The van der Waals surface area contributed by atoms with E-state index >= 15 is 0 Å². The molecule has 2 rings (SSSR count). The van der Waals surface area contributed by atoms with Crippen LogP contribution >= 0.6 is 11.3 Å². The molecule has 0 spiro atoms. The Morgan fingerprint density at radius 3 is 2.76 bits per heavy atom. The highest BCUT2D eigenvalue weighted by atomic mass is 32.1. The third kappa shape index (κ3) is 3.31. The standard InChI is InChI=1S/C12H16N4S/c1-3-13-10(6-12-14-4-5-17-12)11-8-15-9(2)7-16-11/h4-5,7-8,10,13H,3,6H2,1-2H3. The lowest BCUT2D eigenvalue weighted by atomic mass is 10.1. The molecule has 0 fully saturated rings. The van der Waals surface area contributed by atoms with Gasteiger partial charge in [-0.2, -0.15) is 0 Å². The van der Waals surface area contributed by atoms with E-state index < -0.39 is 0 Å². The quantitative estimate of drug-likeness (QED) is 0.880. The first kappa shape index (κ1) is 12.1. The van der Waals surface area contributed by atoms with Crippen molar-refractivity contribution in [2.45, 2.75) is 26.3 Å². The van der Waals surface area contributed by atoms with Crippen LogP contribution in [0.3, 0.4) is 0 Å². The van der Waals surface area contributed by atoms with Gasteiger partial charge >= 0.3 is 0 Å². The first-order chi connectivity index (χ1) is 8.29. The van der Waals surface area contributed by atoms with E-state index in [1.54, 1.807) is 11.3 Å². The summed E-state index contributed by atoms with van der Waals surface area (Å²) in [6, 6.07) is 0.194. The van der Waals surface area contributed by atoms with Gasteiger partial charge < -0.3 is 5.32 Å². The number of nitrogens with one attached hydrogen (secondary N) is 1. The molecule has 2 aromatic rings. The summed E-state index contributed by atoms with van der Waals surface area (Å²) in [4.78, 5) is 13.0. The summed E-state index contributed by atoms with van der Waals surface area (Å²) in [5.41, 5.74) is 1.92. The highest BCUT2D eigenvalue weighted by molar-refractivity contribution is 7.09. The summed E-state index contributed by atoms with van der Waals surface area (Å²) in [5.74, 6) is 0. The topological polar surface area (TPSA) is 50.7 Å². The molecule has 2 heterocycles. The Morgan fingerprint density at radius 1 is 1.29 bits per heavy atom. The average Bonchev–Trinajstić information content (AvgIpc) is 2.82. The molecule has 0 saturated heterocycles. The Bertz CT molecular complexity index is 438. The average molecular weight is 248 g/mol. The normalized spacial score (nSPS) is 12.6. The van der Waals surface area contributed by atoms with Crippen molar-refractivity contribution in [1.82, 2.24) is 20.3 Å². The van der Waals surface area contributed by atoms with Crippen molar-refractivity contribution in [2.24, 2.45) is 0 Å². The van der Waals surface area contributed by atoms with Crippen LogP contribution in [0.15, 0.2) is 24.0 Å². The van der Waals surface area contributed by atoms with E-state index in [0.717, 1.165) is 29.4 Å². The van der Waals surface area contributed by atoms with Gasteiger partial charge in [-0.1, -0.05) is 6.92 Å². The predicted molar refractivity (Wildman–Crippen MR) is 69.0 cm³/mol. The smallest absolute Gasteiger partial charge is 0.0944 e. The number of aryl methyl sites for hydroxylation is 1. The van der Waals surface area contributed by atoms with E-state index in [0.29, 0.717) is 0 Å². The van der Waals surface area contributed by atoms with Crippen LogP contribution < -0.4 is 5.32 Å². The van der Waals surface area contributed by atoms with Crippen molar-refractivity contribution in [1.29, 1.82) is 0 Å². The van der Waals surface area contributed by atoms with Crippen LogP contribution in [0.25, 0.3) is 0 Å². The molecule has 5 heteroatoms. The zero-order chi connectivity index (χ0) is 12.1. The SMILES string of the molecule is CCNC(Cc1nccs1)c1cnc(C)cn1. The van der Waals surface area contributed by atoms with Crippen LogP contribution in [-0.4, -0.2) is 21.5 Å². The molecule has 0 aromatic carbocycles. The lowest BCUT2D eigenvalue weighted by Gasteiger charge is -2.15. The summed E-state index contributed by atoms with van der Waals surface area (Å²) >= 11 is 1.68. The Labute approximate surface area is 105 Å². The summed E-state index contributed by atoms with van der Waals surface area (Å²) < 4.78 is 0. The fourth-order valence-corrected chi connectivity index (χ4v) is 2.30. The molecule has 0 bridgehead atoms. The van der Waals surface area contributed by atoms with Crippen LogP contribution in [0.1, 0.15) is 29.4 Å². The molecule has 0 saturated carbocycles. The van der Waals surface area contributed by atoms with Gasteiger partial charge in [0, 0.05) is 24.2 Å². The minimum absolute atomic E-state index is 0.194. The summed E-state index contributed by atoms with van der Waals surface area (Å²) in [7, 11) is 0. The summed E-state index contributed by atoms with van der Waals surface area (Å²) in [6.07, 6.45) is 6.35. The van der Waals surface area contributed by atoms with Gasteiger partial charge in [0.1, 0.15) is 0 Å². The van der Waals surface area contributed by atoms with Crippen molar-refractivity contribution in [3.8, 4) is 0 Å². The van der Waals surface area contributed by atoms with Crippen LogP contribution in [0.2, 0.25) is 0 Å². The third-order valence-electron chi connectivity index (χ3n) is 2.47. The van der Waals surface area contributed by atoms with Gasteiger partial charge in [0.15, 0.2) is 0 Å². The van der Waals surface area contributed by atoms with Crippen molar-refractivity contribution >= 4 is 11.3 Å².